The number of allylic oxidation sites excluding steroid dienone is 4. The van der Waals surface area contributed by atoms with Gasteiger partial charge in [-0.25, -0.2) is 4.57 Å². The molecule has 0 bridgehead atoms. The first-order chi connectivity index (χ1) is 36.2. The van der Waals surface area contributed by atoms with Gasteiger partial charge in [-0.2, -0.15) is 0 Å². The van der Waals surface area contributed by atoms with Crippen molar-refractivity contribution in [2.75, 3.05) is 26.4 Å². The molecule has 11 nitrogen and oxygen atoms in total. The van der Waals surface area contributed by atoms with Gasteiger partial charge in [0.15, 0.2) is 6.10 Å². The lowest BCUT2D eigenvalue weighted by molar-refractivity contribution is -0.161. The average Bonchev–Trinajstić information content (AvgIpc) is 3.39. The lowest BCUT2D eigenvalue weighted by Gasteiger charge is -2.21. The molecule has 0 rings (SSSR count). The third-order valence-electron chi connectivity index (χ3n) is 13.8. The molecular formula is C62H117O11P. The summed E-state index contributed by atoms with van der Waals surface area (Å²) < 4.78 is 39.6. The summed E-state index contributed by atoms with van der Waals surface area (Å²) >= 11 is 0. The maximum atomic E-state index is 12.9. The molecule has 436 valence electrons. The first-order valence-corrected chi connectivity index (χ1v) is 32.7. The fourth-order valence-corrected chi connectivity index (χ4v) is 9.84. The van der Waals surface area contributed by atoms with E-state index in [-0.39, 0.29) is 25.9 Å². The fraction of sp³-hybridized carbons (Fsp3) is 0.887. The maximum Gasteiger partial charge on any atom is 0.472 e. The van der Waals surface area contributed by atoms with Gasteiger partial charge in [0.1, 0.15) is 12.7 Å². The van der Waals surface area contributed by atoms with Gasteiger partial charge in [0, 0.05) is 19.3 Å². The summed E-state index contributed by atoms with van der Waals surface area (Å²) in [6.07, 6.45) is 58.4. The highest BCUT2D eigenvalue weighted by Crippen LogP contribution is 2.43. The van der Waals surface area contributed by atoms with E-state index in [0.717, 1.165) is 96.3 Å². The highest BCUT2D eigenvalue weighted by atomic mass is 31.2. The van der Waals surface area contributed by atoms with Crippen LogP contribution in [0.1, 0.15) is 316 Å². The van der Waals surface area contributed by atoms with Crippen LogP contribution in [-0.4, -0.2) is 66.5 Å². The maximum absolute atomic E-state index is 12.9. The smallest absolute Gasteiger partial charge is 0.462 e. The number of hydrogen-bond acceptors (Lipinski definition) is 10. The fourth-order valence-electron chi connectivity index (χ4n) is 9.05. The van der Waals surface area contributed by atoms with Crippen LogP contribution in [0, 0.1) is 0 Å². The van der Waals surface area contributed by atoms with Crippen molar-refractivity contribution < 1.29 is 52.2 Å². The Hall–Kier alpha value is -2.04. The summed E-state index contributed by atoms with van der Waals surface area (Å²) in [6, 6.07) is 0. The summed E-state index contributed by atoms with van der Waals surface area (Å²) in [5.41, 5.74) is 0. The second kappa shape index (κ2) is 57.1. The van der Waals surface area contributed by atoms with Crippen LogP contribution in [0.15, 0.2) is 24.3 Å². The molecule has 12 heteroatoms. The number of carbonyl (C=O) groups is 3. The summed E-state index contributed by atoms with van der Waals surface area (Å²) in [5.74, 6) is -1.45. The Morgan fingerprint density at radius 1 is 0.365 bits per heavy atom. The number of rotatable bonds is 59. The van der Waals surface area contributed by atoms with E-state index in [1.807, 2.05) is 0 Å². The molecule has 0 saturated heterocycles. The number of phosphoric acid groups is 1. The van der Waals surface area contributed by atoms with E-state index in [9.17, 15) is 28.9 Å². The number of esters is 3. The average molecular weight is 1070 g/mol. The molecule has 0 heterocycles. The molecular weight excluding hydrogens is 952 g/mol. The van der Waals surface area contributed by atoms with Crippen LogP contribution in [0.4, 0.5) is 0 Å². The van der Waals surface area contributed by atoms with Crippen molar-refractivity contribution in [2.24, 2.45) is 0 Å². The minimum absolute atomic E-state index is 0.171. The molecule has 0 saturated carbocycles. The van der Waals surface area contributed by atoms with Crippen LogP contribution in [-0.2, 0) is 42.2 Å². The predicted octanol–water partition coefficient (Wildman–Crippen LogP) is 18.6. The summed E-state index contributed by atoms with van der Waals surface area (Å²) in [4.78, 5) is 48.6. The predicted molar refractivity (Wildman–Crippen MR) is 307 cm³/mol. The van der Waals surface area contributed by atoms with Gasteiger partial charge in [-0.15, -0.1) is 0 Å². The molecule has 0 aromatic heterocycles. The van der Waals surface area contributed by atoms with Crippen molar-refractivity contribution in [3.63, 3.8) is 0 Å². The highest BCUT2D eigenvalue weighted by molar-refractivity contribution is 7.47. The zero-order chi connectivity index (χ0) is 54.1. The van der Waals surface area contributed by atoms with E-state index in [1.165, 1.54) is 161 Å². The molecule has 0 aliphatic heterocycles. The van der Waals surface area contributed by atoms with Crippen molar-refractivity contribution in [3.05, 3.63) is 24.3 Å². The van der Waals surface area contributed by atoms with Gasteiger partial charge in [0.05, 0.1) is 19.8 Å². The van der Waals surface area contributed by atoms with Crippen molar-refractivity contribution in [1.82, 2.24) is 0 Å². The van der Waals surface area contributed by atoms with E-state index < -0.39 is 57.8 Å². The van der Waals surface area contributed by atoms with E-state index >= 15 is 0 Å². The number of hydrogen-bond donors (Lipinski definition) is 2. The lowest BCUT2D eigenvalue weighted by atomic mass is 10.0. The van der Waals surface area contributed by atoms with Crippen LogP contribution < -0.4 is 0 Å². The summed E-state index contributed by atoms with van der Waals surface area (Å²) in [5, 5.41) is 9.83. The monoisotopic (exact) mass is 1070 g/mol. The Morgan fingerprint density at radius 3 is 0.932 bits per heavy atom. The summed E-state index contributed by atoms with van der Waals surface area (Å²) in [7, 11) is -4.75. The first kappa shape index (κ1) is 72.0. The number of aliphatic hydroxyl groups excluding tert-OH is 1. The Morgan fingerprint density at radius 2 is 0.622 bits per heavy atom. The van der Waals surface area contributed by atoms with Crippen LogP contribution in [0.3, 0.4) is 0 Å². The van der Waals surface area contributed by atoms with E-state index in [1.54, 1.807) is 0 Å². The van der Waals surface area contributed by atoms with Crippen LogP contribution in [0.25, 0.3) is 0 Å². The number of aliphatic hydroxyl groups is 1. The molecule has 3 atom stereocenters. The van der Waals surface area contributed by atoms with Gasteiger partial charge in [-0.3, -0.25) is 23.4 Å². The van der Waals surface area contributed by atoms with Crippen molar-refractivity contribution in [1.29, 1.82) is 0 Å². The molecule has 2 N–H and O–H groups in total. The molecule has 74 heavy (non-hydrogen) atoms. The molecule has 0 aromatic rings. The minimum atomic E-state index is -4.75. The molecule has 0 spiro atoms. The van der Waals surface area contributed by atoms with Gasteiger partial charge in [-0.05, 0) is 70.6 Å². The molecule has 0 amide bonds. The highest BCUT2D eigenvalue weighted by Gasteiger charge is 2.28. The third kappa shape index (κ3) is 54.7. The van der Waals surface area contributed by atoms with Gasteiger partial charge < -0.3 is 24.2 Å². The molecule has 0 fully saturated rings. The standard InChI is InChI=1S/C62H117O11P/c1-4-7-10-13-16-19-22-25-28-29-32-35-38-41-44-47-50-53-62(66)73-59(55-69-60(64)51-48-45-42-39-36-33-30-26-23-20-17-14-11-8-5-2)57-71-74(67,68)70-56-58(54-63)72-61(65)52-49-46-43-40-37-34-31-27-24-21-18-15-12-9-6-3/h26-27,30-31,58-59,63H,4-25,28-29,32-57H2,1-3H3,(H,67,68)/b30-26-,31-27-. The molecule has 3 unspecified atom stereocenters. The zero-order valence-corrected chi connectivity index (χ0v) is 49.2. The van der Waals surface area contributed by atoms with Crippen molar-refractivity contribution >= 4 is 25.7 Å². The Balaban J connectivity index is 4.68. The van der Waals surface area contributed by atoms with Crippen molar-refractivity contribution in [2.45, 2.75) is 328 Å². The number of ether oxygens (including phenoxy) is 3. The van der Waals surface area contributed by atoms with Gasteiger partial charge in [0.25, 0.3) is 0 Å². The zero-order valence-electron chi connectivity index (χ0n) is 48.3. The molecule has 0 aliphatic rings. The van der Waals surface area contributed by atoms with E-state index in [0.29, 0.717) is 19.3 Å². The van der Waals surface area contributed by atoms with E-state index in [2.05, 4.69) is 45.1 Å². The minimum Gasteiger partial charge on any atom is -0.462 e. The Labute approximate surface area is 455 Å². The van der Waals surface area contributed by atoms with Crippen LogP contribution in [0.2, 0.25) is 0 Å². The van der Waals surface area contributed by atoms with Gasteiger partial charge in [0.2, 0.25) is 0 Å². The van der Waals surface area contributed by atoms with Gasteiger partial charge >= 0.3 is 25.7 Å². The van der Waals surface area contributed by atoms with Crippen LogP contribution in [0.5, 0.6) is 0 Å². The Bertz CT molecular complexity index is 1340. The van der Waals surface area contributed by atoms with Crippen LogP contribution >= 0.6 is 7.82 Å². The SMILES string of the molecule is CCCCCCCC/C=C\CCCCCCCC(=O)OCC(COP(=O)(O)OCC(CO)OC(=O)CCCCCCC/C=C\CCCCCCCC)OC(=O)CCCCCCCCCCCCCCCCCCC. The summed E-state index contributed by atoms with van der Waals surface area (Å²) in [6.45, 7) is 4.68. The lowest BCUT2D eigenvalue weighted by Crippen LogP contribution is -2.30. The topological polar surface area (TPSA) is 155 Å². The third-order valence-corrected chi connectivity index (χ3v) is 14.8. The number of unbranched alkanes of at least 4 members (excludes halogenated alkanes) is 38. The first-order valence-electron chi connectivity index (χ1n) is 31.2. The number of carbonyl (C=O) groups excluding carboxylic acids is 3. The normalized spacial score (nSPS) is 13.4. The number of phosphoric ester groups is 1. The second-order valence-corrected chi connectivity index (χ2v) is 22.7. The largest absolute Gasteiger partial charge is 0.472 e. The van der Waals surface area contributed by atoms with Gasteiger partial charge in [-0.1, -0.05) is 251 Å². The molecule has 0 radical (unpaired) electrons. The second-order valence-electron chi connectivity index (χ2n) is 21.2. The van der Waals surface area contributed by atoms with Crippen molar-refractivity contribution in [3.8, 4) is 0 Å². The van der Waals surface area contributed by atoms with E-state index in [4.69, 9.17) is 23.3 Å². The molecule has 0 aromatic carbocycles. The molecule has 0 aliphatic carbocycles. The quantitative estimate of drug-likeness (QED) is 0.0197. The Kier molecular flexibility index (Phi) is 55.6.